The van der Waals surface area contributed by atoms with E-state index in [1.54, 1.807) is 6.26 Å². The van der Waals surface area contributed by atoms with Gasteiger partial charge in [-0.2, -0.15) is 8.42 Å². The third-order valence-electron chi connectivity index (χ3n) is 3.33. The predicted molar refractivity (Wildman–Crippen MR) is 94.4 cm³/mol. The number of ether oxygens (including phenoxy) is 2. The van der Waals surface area contributed by atoms with Crippen molar-refractivity contribution in [3.05, 3.63) is 0 Å². The van der Waals surface area contributed by atoms with Crippen LogP contribution in [0.2, 0.25) is 0 Å². The summed E-state index contributed by atoms with van der Waals surface area (Å²) in [6, 6.07) is 0. The number of nitrogens with zero attached hydrogens (tertiary/aromatic N) is 1. The van der Waals surface area contributed by atoms with Crippen molar-refractivity contribution < 1.29 is 46.3 Å². The summed E-state index contributed by atoms with van der Waals surface area (Å²) in [6.07, 6.45) is -1.81. The molecule has 1 heterocycles. The average molecular weight is 438 g/mol. The smallest absolute Gasteiger partial charge is 0.394 e. The molecule has 14 heteroatoms. The molecule has 4 N–H and O–H groups in total. The predicted octanol–water partition coefficient (Wildman–Crippen LogP) is -1.53. The van der Waals surface area contributed by atoms with Gasteiger partial charge in [0, 0.05) is 29.4 Å². The molecule has 0 bridgehead atoms. The number of hydrogen-bond acceptors (Lipinski definition) is 11. The maximum absolute atomic E-state index is 11.0. The van der Waals surface area contributed by atoms with Crippen molar-refractivity contribution in [1.29, 1.82) is 0 Å². The molecule has 1 rings (SSSR count). The van der Waals surface area contributed by atoms with Crippen molar-refractivity contribution in [1.82, 2.24) is 0 Å². The van der Waals surface area contributed by atoms with E-state index in [0.29, 0.717) is 30.4 Å². The molecule has 0 radical (unpaired) electrons. The normalized spacial score (nSPS) is 31.2. The number of aliphatic hydroxyl groups excluding tert-OH is 3. The van der Waals surface area contributed by atoms with Gasteiger partial charge in [0.25, 0.3) is 0 Å². The first-order valence-electron chi connectivity index (χ1n) is 7.53. The molecule has 1 saturated heterocycles. The average Bonchev–Trinajstić information content (AvgIpc) is 2.55. The van der Waals surface area contributed by atoms with E-state index >= 15 is 0 Å². The molecule has 0 amide bonds. The van der Waals surface area contributed by atoms with Crippen molar-refractivity contribution in [2.75, 3.05) is 25.2 Å². The van der Waals surface area contributed by atoms with Gasteiger partial charge in [0.05, 0.1) is 6.61 Å². The van der Waals surface area contributed by atoms with Crippen LogP contribution in [0.3, 0.4) is 0 Å². The summed E-state index contributed by atoms with van der Waals surface area (Å²) >= 11 is 0.681. The Morgan fingerprint density at radius 3 is 2.58 bits per heavy atom. The standard InChI is InChI=1S/C12H23NO10S3/c1-25(17)5-3-2-4-21-11-8(6-14)22-12(10(16)9(11)15)24-7-13-23-26(18,19)20/h7-12,14-16H,2-6H2,1H3,(H,18,19,20)/b13-7-/t8-,9-,10-,11-,12+,25?/m1/s1. The lowest BCUT2D eigenvalue weighted by Gasteiger charge is -2.41. The van der Waals surface area contributed by atoms with Gasteiger partial charge < -0.3 is 24.8 Å². The summed E-state index contributed by atoms with van der Waals surface area (Å²) in [5, 5.41) is 32.7. The van der Waals surface area contributed by atoms with E-state index in [2.05, 4.69) is 9.44 Å². The molecule has 1 fully saturated rings. The molecule has 0 aromatic rings. The molecular formula is C12H23NO10S3. The van der Waals surface area contributed by atoms with Crippen LogP contribution in [0.1, 0.15) is 12.8 Å². The van der Waals surface area contributed by atoms with Gasteiger partial charge >= 0.3 is 10.4 Å². The van der Waals surface area contributed by atoms with E-state index in [1.807, 2.05) is 0 Å². The summed E-state index contributed by atoms with van der Waals surface area (Å²) in [5.41, 5.74) is -0.215. The summed E-state index contributed by atoms with van der Waals surface area (Å²) in [5.74, 6) is 0.531. The molecule has 0 aromatic heterocycles. The highest BCUT2D eigenvalue weighted by Gasteiger charge is 2.45. The second kappa shape index (κ2) is 11.5. The van der Waals surface area contributed by atoms with E-state index in [-0.39, 0.29) is 6.61 Å². The number of oxime groups is 1. The van der Waals surface area contributed by atoms with Gasteiger partial charge in [-0.05, 0) is 12.8 Å². The molecule has 26 heavy (non-hydrogen) atoms. The Balaban J connectivity index is 2.53. The van der Waals surface area contributed by atoms with Gasteiger partial charge in [0.2, 0.25) is 0 Å². The molecule has 6 atom stereocenters. The molecule has 0 saturated carbocycles. The molecule has 0 aliphatic carbocycles. The summed E-state index contributed by atoms with van der Waals surface area (Å²) < 4.78 is 54.7. The zero-order valence-electron chi connectivity index (χ0n) is 13.9. The van der Waals surface area contributed by atoms with Gasteiger partial charge in [-0.15, -0.1) is 0 Å². The molecule has 154 valence electrons. The van der Waals surface area contributed by atoms with Crippen LogP contribution in [0.15, 0.2) is 5.16 Å². The Bertz CT molecular complexity index is 570. The van der Waals surface area contributed by atoms with E-state index in [9.17, 15) is 27.9 Å². The first kappa shape index (κ1) is 23.7. The van der Waals surface area contributed by atoms with Gasteiger partial charge in [0.1, 0.15) is 35.4 Å². The molecule has 0 aromatic carbocycles. The summed E-state index contributed by atoms with van der Waals surface area (Å²) in [6.45, 7) is -0.254. The number of unbranched alkanes of at least 4 members (excludes halogenated alkanes) is 1. The van der Waals surface area contributed by atoms with Crippen LogP contribution in [0, 0.1) is 0 Å². The minimum Gasteiger partial charge on any atom is -0.394 e. The first-order valence-corrected chi connectivity index (χ1v) is 11.6. The minimum atomic E-state index is -4.74. The summed E-state index contributed by atoms with van der Waals surface area (Å²) in [4.78, 5) is 0. The third-order valence-corrected chi connectivity index (χ3v) is 5.34. The molecular weight excluding hydrogens is 414 g/mol. The van der Waals surface area contributed by atoms with Crippen molar-refractivity contribution in [2.24, 2.45) is 5.16 Å². The highest BCUT2D eigenvalue weighted by molar-refractivity contribution is 8.12. The zero-order valence-corrected chi connectivity index (χ0v) is 16.4. The van der Waals surface area contributed by atoms with E-state index in [1.165, 1.54) is 0 Å². The van der Waals surface area contributed by atoms with Crippen molar-refractivity contribution in [2.45, 2.75) is 42.7 Å². The first-order chi connectivity index (χ1) is 12.2. The second-order valence-corrected chi connectivity index (χ2v) is 8.88. The third kappa shape index (κ3) is 8.58. The fourth-order valence-electron chi connectivity index (χ4n) is 2.15. The molecule has 11 nitrogen and oxygen atoms in total. The Labute approximate surface area is 158 Å². The van der Waals surface area contributed by atoms with Crippen LogP contribution in [0.5, 0.6) is 0 Å². The molecule has 1 aliphatic heterocycles. The molecule has 0 spiro atoms. The fourth-order valence-corrected chi connectivity index (χ4v) is 3.71. The van der Waals surface area contributed by atoms with Crippen molar-refractivity contribution >= 4 is 38.5 Å². The van der Waals surface area contributed by atoms with Crippen LogP contribution in [0.25, 0.3) is 0 Å². The fraction of sp³-hybridized carbons (Fsp3) is 0.917. The van der Waals surface area contributed by atoms with Crippen LogP contribution in [-0.2, 0) is 35.0 Å². The lowest BCUT2D eigenvalue weighted by molar-refractivity contribution is -0.220. The largest absolute Gasteiger partial charge is 0.466 e. The monoisotopic (exact) mass is 437 g/mol. The quantitative estimate of drug-likeness (QED) is 0.0970. The van der Waals surface area contributed by atoms with Crippen molar-refractivity contribution in [3.8, 4) is 0 Å². The Hall–Kier alpha value is -0.320. The van der Waals surface area contributed by atoms with Gasteiger partial charge in [-0.1, -0.05) is 16.9 Å². The number of aliphatic hydroxyl groups is 3. The van der Waals surface area contributed by atoms with Gasteiger partial charge in [0.15, 0.2) is 0 Å². The Kier molecular flexibility index (Phi) is 10.5. The molecule has 1 unspecified atom stereocenters. The minimum absolute atomic E-state index is 0.229. The van der Waals surface area contributed by atoms with E-state index < -0.39 is 57.7 Å². The topological polar surface area (TPSA) is 172 Å². The Morgan fingerprint density at radius 1 is 1.31 bits per heavy atom. The lowest BCUT2D eigenvalue weighted by Crippen LogP contribution is -2.58. The zero-order chi connectivity index (χ0) is 19.7. The number of thioether (sulfide) groups is 1. The Morgan fingerprint density at radius 2 is 2.00 bits per heavy atom. The van der Waals surface area contributed by atoms with E-state index in [0.717, 1.165) is 5.55 Å². The maximum atomic E-state index is 11.0. The van der Waals surface area contributed by atoms with Gasteiger partial charge in [-0.25, -0.2) is 4.28 Å². The lowest BCUT2D eigenvalue weighted by atomic mass is 10.00. The number of rotatable bonds is 11. The highest BCUT2D eigenvalue weighted by Crippen LogP contribution is 2.29. The van der Waals surface area contributed by atoms with Gasteiger partial charge in [-0.3, -0.25) is 8.76 Å². The SMILES string of the molecule is CS(=O)CCCCO[C@H]1[C@H](O)[C@@H](O)[C@H](S/C=N\OS(=O)(=O)O)O[C@@H]1CO. The summed E-state index contributed by atoms with van der Waals surface area (Å²) in [7, 11) is -5.64. The van der Waals surface area contributed by atoms with Crippen LogP contribution in [-0.4, -0.2) is 93.1 Å². The van der Waals surface area contributed by atoms with E-state index in [4.69, 9.17) is 14.0 Å². The van der Waals surface area contributed by atoms with Crippen LogP contribution >= 0.6 is 11.8 Å². The second-order valence-electron chi connectivity index (χ2n) is 5.38. The number of hydrogen-bond donors (Lipinski definition) is 4. The van der Waals surface area contributed by atoms with Crippen molar-refractivity contribution in [3.63, 3.8) is 0 Å². The maximum Gasteiger partial charge on any atom is 0.466 e. The highest BCUT2D eigenvalue weighted by atomic mass is 32.3. The van der Waals surface area contributed by atoms with Crippen LogP contribution in [0.4, 0.5) is 0 Å². The molecule has 1 aliphatic rings. The van der Waals surface area contributed by atoms with Crippen LogP contribution < -0.4 is 0 Å².